The molecule has 2 aromatic heterocycles. The number of nitrogens with one attached hydrogen (secondary N) is 1. The standard InChI is InChI=1S/C19H16N2O3S/c22-18(17-6-3-11-25-17)20-14-8-7-13-4-1-9-21(15(13)12-14)19(23)16-5-2-10-24-16/h2-3,5-8,10-12H,1,4,9H2,(H,20,22). The van der Waals surface area contributed by atoms with Crippen molar-refractivity contribution < 1.29 is 14.0 Å². The molecule has 0 bridgehead atoms. The smallest absolute Gasteiger partial charge is 0.293 e. The maximum absolute atomic E-state index is 12.7. The number of nitrogens with zero attached hydrogens (tertiary/aromatic N) is 1. The topological polar surface area (TPSA) is 62.6 Å². The highest BCUT2D eigenvalue weighted by Gasteiger charge is 2.25. The molecule has 1 aliphatic heterocycles. The third-order valence-corrected chi connectivity index (χ3v) is 5.05. The van der Waals surface area contributed by atoms with Gasteiger partial charge in [0.05, 0.1) is 11.1 Å². The van der Waals surface area contributed by atoms with Crippen molar-refractivity contribution in [3.05, 3.63) is 70.3 Å². The van der Waals surface area contributed by atoms with Crippen LogP contribution in [0.4, 0.5) is 11.4 Å². The third-order valence-electron chi connectivity index (χ3n) is 4.18. The highest BCUT2D eigenvalue weighted by Crippen LogP contribution is 2.31. The summed E-state index contributed by atoms with van der Waals surface area (Å²) in [6.45, 7) is 0.634. The number of carbonyl (C=O) groups excluding carboxylic acids is 2. The number of amides is 2. The van der Waals surface area contributed by atoms with Gasteiger partial charge in [0.25, 0.3) is 11.8 Å². The summed E-state index contributed by atoms with van der Waals surface area (Å²) in [6.07, 6.45) is 3.31. The zero-order valence-corrected chi connectivity index (χ0v) is 14.2. The zero-order valence-electron chi connectivity index (χ0n) is 13.4. The Morgan fingerprint density at radius 1 is 1.16 bits per heavy atom. The van der Waals surface area contributed by atoms with Gasteiger partial charge in [-0.05, 0) is 54.1 Å². The molecular formula is C19H16N2O3S. The van der Waals surface area contributed by atoms with Crippen LogP contribution in [0.25, 0.3) is 0 Å². The lowest BCUT2D eigenvalue weighted by Gasteiger charge is -2.29. The Morgan fingerprint density at radius 2 is 2.08 bits per heavy atom. The number of fused-ring (bicyclic) bond motifs is 1. The molecule has 1 aliphatic rings. The van der Waals surface area contributed by atoms with Crippen LogP contribution in [-0.4, -0.2) is 18.4 Å². The maximum Gasteiger partial charge on any atom is 0.293 e. The summed E-state index contributed by atoms with van der Waals surface area (Å²) in [5.41, 5.74) is 2.60. The van der Waals surface area contributed by atoms with Gasteiger partial charge in [0.2, 0.25) is 0 Å². The normalized spacial score (nSPS) is 13.4. The number of hydrogen-bond acceptors (Lipinski definition) is 4. The summed E-state index contributed by atoms with van der Waals surface area (Å²) in [7, 11) is 0. The third kappa shape index (κ3) is 3.08. The quantitative estimate of drug-likeness (QED) is 0.769. The Balaban J connectivity index is 1.62. The Hall–Kier alpha value is -2.86. The van der Waals surface area contributed by atoms with Gasteiger partial charge in [-0.15, -0.1) is 11.3 Å². The summed E-state index contributed by atoms with van der Waals surface area (Å²) >= 11 is 1.39. The van der Waals surface area contributed by atoms with E-state index in [4.69, 9.17) is 4.42 Å². The minimum Gasteiger partial charge on any atom is -0.459 e. The molecule has 0 saturated heterocycles. The number of rotatable bonds is 3. The zero-order chi connectivity index (χ0) is 17.2. The molecule has 1 aromatic carbocycles. The van der Waals surface area contributed by atoms with Crippen LogP contribution >= 0.6 is 11.3 Å². The Morgan fingerprint density at radius 3 is 2.84 bits per heavy atom. The van der Waals surface area contributed by atoms with Crippen LogP contribution < -0.4 is 10.2 Å². The van der Waals surface area contributed by atoms with Crippen LogP contribution in [0.1, 0.15) is 32.2 Å². The molecule has 0 aliphatic carbocycles. The predicted molar refractivity (Wildman–Crippen MR) is 97.4 cm³/mol. The Bertz CT molecular complexity index is 901. The Kier molecular flexibility index (Phi) is 4.11. The number of carbonyl (C=O) groups is 2. The average molecular weight is 352 g/mol. The van der Waals surface area contributed by atoms with Gasteiger partial charge < -0.3 is 14.6 Å². The van der Waals surface area contributed by atoms with Gasteiger partial charge in [-0.1, -0.05) is 12.1 Å². The van der Waals surface area contributed by atoms with Crippen LogP contribution in [-0.2, 0) is 6.42 Å². The SMILES string of the molecule is O=C(Nc1ccc2c(c1)N(C(=O)c1ccco1)CCC2)c1cccs1. The van der Waals surface area contributed by atoms with Crippen molar-refractivity contribution in [2.24, 2.45) is 0 Å². The molecule has 5 nitrogen and oxygen atoms in total. The molecule has 0 fully saturated rings. The summed E-state index contributed by atoms with van der Waals surface area (Å²) in [6, 6.07) is 12.7. The molecule has 0 saturated carbocycles. The first-order valence-electron chi connectivity index (χ1n) is 8.05. The number of aryl methyl sites for hydroxylation is 1. The molecule has 0 atom stereocenters. The first-order valence-corrected chi connectivity index (χ1v) is 8.93. The summed E-state index contributed by atoms with van der Waals surface area (Å²) < 4.78 is 5.25. The van der Waals surface area contributed by atoms with Crippen molar-refractivity contribution in [3.8, 4) is 0 Å². The molecule has 6 heteroatoms. The number of thiophene rings is 1. The molecule has 1 N–H and O–H groups in total. The lowest BCUT2D eigenvalue weighted by atomic mass is 10.0. The first kappa shape index (κ1) is 15.7. The largest absolute Gasteiger partial charge is 0.459 e. The molecule has 3 heterocycles. The van der Waals surface area contributed by atoms with Crippen molar-refractivity contribution in [2.75, 3.05) is 16.8 Å². The number of anilines is 2. The molecule has 0 unspecified atom stereocenters. The van der Waals surface area contributed by atoms with E-state index < -0.39 is 0 Å². The fourth-order valence-corrected chi connectivity index (χ4v) is 3.62. The monoisotopic (exact) mass is 352 g/mol. The molecule has 0 radical (unpaired) electrons. The van der Waals surface area contributed by atoms with Crippen molar-refractivity contribution in [1.82, 2.24) is 0 Å². The van der Waals surface area contributed by atoms with Gasteiger partial charge >= 0.3 is 0 Å². The summed E-state index contributed by atoms with van der Waals surface area (Å²) in [4.78, 5) is 27.3. The van der Waals surface area contributed by atoms with E-state index in [9.17, 15) is 9.59 Å². The van der Waals surface area contributed by atoms with Crippen LogP contribution in [0.15, 0.2) is 58.5 Å². The first-order chi connectivity index (χ1) is 12.2. The van der Waals surface area contributed by atoms with Gasteiger partial charge in [-0.3, -0.25) is 9.59 Å². The minimum atomic E-state index is -0.160. The predicted octanol–water partition coefficient (Wildman–Crippen LogP) is 4.19. The second kappa shape index (κ2) is 6.57. The molecule has 25 heavy (non-hydrogen) atoms. The molecule has 4 rings (SSSR count). The van der Waals surface area contributed by atoms with E-state index in [1.165, 1.54) is 17.6 Å². The van der Waals surface area contributed by atoms with E-state index in [0.29, 0.717) is 22.9 Å². The highest BCUT2D eigenvalue weighted by atomic mass is 32.1. The second-order valence-corrected chi connectivity index (χ2v) is 6.76. The molecule has 126 valence electrons. The maximum atomic E-state index is 12.7. The fraction of sp³-hybridized carbons (Fsp3) is 0.158. The molecule has 3 aromatic rings. The van der Waals surface area contributed by atoms with E-state index in [1.807, 2.05) is 29.6 Å². The lowest BCUT2D eigenvalue weighted by molar-refractivity contribution is 0.0958. The Labute approximate surface area is 148 Å². The van der Waals surface area contributed by atoms with Gasteiger partial charge in [0.1, 0.15) is 0 Å². The van der Waals surface area contributed by atoms with Crippen LogP contribution in [0.5, 0.6) is 0 Å². The second-order valence-electron chi connectivity index (χ2n) is 5.81. The molecule has 0 spiro atoms. The lowest BCUT2D eigenvalue weighted by Crippen LogP contribution is -2.35. The van der Waals surface area contributed by atoms with Crippen LogP contribution in [0, 0.1) is 0 Å². The number of furan rings is 1. The van der Waals surface area contributed by atoms with Crippen molar-refractivity contribution in [3.63, 3.8) is 0 Å². The average Bonchev–Trinajstić information content (AvgIpc) is 3.34. The van der Waals surface area contributed by atoms with E-state index >= 15 is 0 Å². The minimum absolute atomic E-state index is 0.144. The van der Waals surface area contributed by atoms with E-state index in [0.717, 1.165) is 24.1 Å². The van der Waals surface area contributed by atoms with E-state index in [-0.39, 0.29) is 11.8 Å². The summed E-state index contributed by atoms with van der Waals surface area (Å²) in [5, 5.41) is 4.77. The van der Waals surface area contributed by atoms with Gasteiger partial charge in [0, 0.05) is 17.9 Å². The molecular weight excluding hydrogens is 336 g/mol. The molecule has 2 amide bonds. The van der Waals surface area contributed by atoms with E-state index in [1.54, 1.807) is 23.1 Å². The van der Waals surface area contributed by atoms with Crippen LogP contribution in [0.3, 0.4) is 0 Å². The van der Waals surface area contributed by atoms with Crippen molar-refractivity contribution in [1.29, 1.82) is 0 Å². The van der Waals surface area contributed by atoms with Crippen molar-refractivity contribution >= 4 is 34.5 Å². The van der Waals surface area contributed by atoms with Crippen molar-refractivity contribution in [2.45, 2.75) is 12.8 Å². The highest BCUT2D eigenvalue weighted by molar-refractivity contribution is 7.12. The van der Waals surface area contributed by atoms with Gasteiger partial charge in [-0.25, -0.2) is 0 Å². The summed E-state index contributed by atoms with van der Waals surface area (Å²) in [5.74, 6) is 0.0169. The number of benzene rings is 1. The number of hydrogen-bond donors (Lipinski definition) is 1. The van der Waals surface area contributed by atoms with Crippen LogP contribution in [0.2, 0.25) is 0 Å². The van der Waals surface area contributed by atoms with Gasteiger partial charge in [0.15, 0.2) is 5.76 Å². The van der Waals surface area contributed by atoms with Gasteiger partial charge in [-0.2, -0.15) is 0 Å². The fourth-order valence-electron chi connectivity index (χ4n) is 3.00. The van der Waals surface area contributed by atoms with E-state index in [2.05, 4.69) is 5.32 Å².